The molecule has 15 heavy (non-hydrogen) atoms. The van der Waals surface area contributed by atoms with Gasteiger partial charge in [-0.2, -0.15) is 0 Å². The minimum absolute atomic E-state index is 0.314. The Morgan fingerprint density at radius 2 is 1.87 bits per heavy atom. The highest BCUT2D eigenvalue weighted by atomic mass is 32.1. The number of carboxylic acids is 1. The van der Waals surface area contributed by atoms with Crippen molar-refractivity contribution in [1.82, 2.24) is 0 Å². The summed E-state index contributed by atoms with van der Waals surface area (Å²) in [5.74, 6) is -0.507. The van der Waals surface area contributed by atoms with E-state index in [0.717, 1.165) is 16.8 Å². The van der Waals surface area contributed by atoms with Crippen LogP contribution in [0.2, 0.25) is 0 Å². The molecule has 1 aromatic rings. The van der Waals surface area contributed by atoms with E-state index in [1.165, 1.54) is 0 Å². The summed E-state index contributed by atoms with van der Waals surface area (Å²) >= 11 is 5.23. The number of thiocarbonyl (C=S) groups is 1. The second-order valence-corrected chi connectivity index (χ2v) is 4.32. The summed E-state index contributed by atoms with van der Waals surface area (Å²) in [5, 5.41) is 8.72. The Hall–Kier alpha value is -1.22. The normalized spacial score (nSPS) is 10.3. The van der Waals surface area contributed by atoms with Gasteiger partial charge in [0.15, 0.2) is 0 Å². The molecule has 0 heterocycles. The molecule has 1 rings (SSSR count). The van der Waals surface area contributed by atoms with Crippen molar-refractivity contribution in [2.75, 3.05) is 0 Å². The molecule has 0 aliphatic heterocycles. The molecule has 2 nitrogen and oxygen atoms in total. The van der Waals surface area contributed by atoms with Gasteiger partial charge in [0.05, 0.1) is 5.56 Å². The first-order chi connectivity index (χ1) is 7.00. The van der Waals surface area contributed by atoms with E-state index in [0.29, 0.717) is 11.5 Å². The fraction of sp³-hybridized carbons (Fsp3) is 0.333. The summed E-state index contributed by atoms with van der Waals surface area (Å²) in [6.45, 7) is 4.13. The van der Waals surface area contributed by atoms with E-state index in [1.54, 1.807) is 12.1 Å². The molecule has 0 saturated carbocycles. The van der Waals surface area contributed by atoms with Crippen LogP contribution in [0.5, 0.6) is 0 Å². The van der Waals surface area contributed by atoms with Gasteiger partial charge in [0.2, 0.25) is 0 Å². The van der Waals surface area contributed by atoms with E-state index in [2.05, 4.69) is 13.8 Å². The SMILES string of the molecule is CC(C)C(=S)Cc1ccc(C(=O)O)cc1. The minimum Gasteiger partial charge on any atom is -0.478 e. The molecule has 0 fully saturated rings. The number of aromatic carboxylic acids is 1. The highest BCUT2D eigenvalue weighted by Crippen LogP contribution is 2.09. The summed E-state index contributed by atoms with van der Waals surface area (Å²) in [4.78, 5) is 11.6. The van der Waals surface area contributed by atoms with Crippen LogP contribution >= 0.6 is 12.2 Å². The first kappa shape index (κ1) is 11.9. The Morgan fingerprint density at radius 3 is 2.27 bits per heavy atom. The zero-order valence-corrected chi connectivity index (χ0v) is 9.67. The van der Waals surface area contributed by atoms with E-state index in [-0.39, 0.29) is 0 Å². The monoisotopic (exact) mass is 222 g/mol. The molecule has 0 bridgehead atoms. The molecular formula is C12H14O2S. The smallest absolute Gasteiger partial charge is 0.335 e. The Bertz CT molecular complexity index is 366. The van der Waals surface area contributed by atoms with E-state index in [4.69, 9.17) is 17.3 Å². The lowest BCUT2D eigenvalue weighted by Gasteiger charge is -2.07. The summed E-state index contributed by atoms with van der Waals surface area (Å²) in [7, 11) is 0. The van der Waals surface area contributed by atoms with Crippen molar-refractivity contribution in [1.29, 1.82) is 0 Å². The summed E-state index contributed by atoms with van der Waals surface area (Å²) in [6, 6.07) is 6.86. The van der Waals surface area contributed by atoms with Crippen LogP contribution in [0.25, 0.3) is 0 Å². The van der Waals surface area contributed by atoms with Crippen LogP contribution in [0.15, 0.2) is 24.3 Å². The standard InChI is InChI=1S/C12H14O2S/c1-8(2)11(15)7-9-3-5-10(6-4-9)12(13)14/h3-6,8H,7H2,1-2H3,(H,13,14). The van der Waals surface area contributed by atoms with Crippen LogP contribution in [-0.4, -0.2) is 15.9 Å². The van der Waals surface area contributed by atoms with Gasteiger partial charge in [-0.1, -0.05) is 38.2 Å². The van der Waals surface area contributed by atoms with Crippen molar-refractivity contribution in [2.45, 2.75) is 20.3 Å². The van der Waals surface area contributed by atoms with Crippen LogP contribution in [-0.2, 0) is 6.42 Å². The van der Waals surface area contributed by atoms with E-state index in [1.807, 2.05) is 12.1 Å². The van der Waals surface area contributed by atoms with Crippen LogP contribution in [0.3, 0.4) is 0 Å². The lowest BCUT2D eigenvalue weighted by atomic mass is 10.0. The molecule has 0 radical (unpaired) electrons. The van der Waals surface area contributed by atoms with Crippen LogP contribution in [0.4, 0.5) is 0 Å². The second kappa shape index (κ2) is 5.03. The Labute approximate surface area is 94.9 Å². The van der Waals surface area contributed by atoms with Gasteiger partial charge in [0.25, 0.3) is 0 Å². The minimum atomic E-state index is -0.895. The van der Waals surface area contributed by atoms with Gasteiger partial charge in [-0.05, 0) is 28.5 Å². The fourth-order valence-corrected chi connectivity index (χ4v) is 1.34. The molecule has 0 aromatic heterocycles. The Balaban J connectivity index is 2.73. The van der Waals surface area contributed by atoms with Crippen molar-refractivity contribution in [3.8, 4) is 0 Å². The van der Waals surface area contributed by atoms with Crippen LogP contribution < -0.4 is 0 Å². The molecule has 0 aliphatic carbocycles. The molecule has 0 amide bonds. The zero-order valence-electron chi connectivity index (χ0n) is 8.86. The predicted octanol–water partition coefficient (Wildman–Crippen LogP) is 2.95. The van der Waals surface area contributed by atoms with Crippen molar-refractivity contribution in [3.63, 3.8) is 0 Å². The maximum atomic E-state index is 10.6. The average molecular weight is 222 g/mol. The maximum Gasteiger partial charge on any atom is 0.335 e. The van der Waals surface area contributed by atoms with Gasteiger partial charge in [-0.15, -0.1) is 0 Å². The largest absolute Gasteiger partial charge is 0.478 e. The molecule has 0 atom stereocenters. The highest BCUT2D eigenvalue weighted by Gasteiger charge is 2.05. The van der Waals surface area contributed by atoms with Gasteiger partial charge in [0.1, 0.15) is 0 Å². The Morgan fingerprint density at radius 1 is 1.33 bits per heavy atom. The number of hydrogen-bond donors (Lipinski definition) is 1. The van der Waals surface area contributed by atoms with Crippen molar-refractivity contribution >= 4 is 23.1 Å². The van der Waals surface area contributed by atoms with Gasteiger partial charge in [0, 0.05) is 6.42 Å². The average Bonchev–Trinajstić information content (AvgIpc) is 2.18. The van der Waals surface area contributed by atoms with Crippen LogP contribution in [0.1, 0.15) is 29.8 Å². The van der Waals surface area contributed by atoms with Crippen LogP contribution in [0, 0.1) is 5.92 Å². The molecule has 1 N–H and O–H groups in total. The van der Waals surface area contributed by atoms with Crippen molar-refractivity contribution in [3.05, 3.63) is 35.4 Å². The van der Waals surface area contributed by atoms with Gasteiger partial charge in [-0.25, -0.2) is 4.79 Å². The summed E-state index contributed by atoms with van der Waals surface area (Å²) < 4.78 is 0. The number of hydrogen-bond acceptors (Lipinski definition) is 2. The van der Waals surface area contributed by atoms with E-state index >= 15 is 0 Å². The summed E-state index contributed by atoms with van der Waals surface area (Å²) in [6.07, 6.45) is 0.743. The van der Waals surface area contributed by atoms with Gasteiger partial charge >= 0.3 is 5.97 Å². The van der Waals surface area contributed by atoms with E-state index in [9.17, 15) is 4.79 Å². The van der Waals surface area contributed by atoms with Gasteiger partial charge in [-0.3, -0.25) is 0 Å². The molecule has 0 unspecified atom stereocenters. The van der Waals surface area contributed by atoms with E-state index < -0.39 is 5.97 Å². The maximum absolute atomic E-state index is 10.6. The number of carbonyl (C=O) groups is 1. The topological polar surface area (TPSA) is 37.3 Å². The Kier molecular flexibility index (Phi) is 3.97. The molecule has 1 aromatic carbocycles. The fourth-order valence-electron chi connectivity index (χ4n) is 1.17. The molecular weight excluding hydrogens is 208 g/mol. The second-order valence-electron chi connectivity index (χ2n) is 3.80. The predicted molar refractivity (Wildman–Crippen MR) is 64.5 cm³/mol. The molecule has 0 spiro atoms. The number of benzene rings is 1. The van der Waals surface area contributed by atoms with Crippen molar-refractivity contribution in [2.24, 2.45) is 5.92 Å². The highest BCUT2D eigenvalue weighted by molar-refractivity contribution is 7.80. The number of rotatable bonds is 4. The third kappa shape index (κ3) is 3.44. The third-order valence-corrected chi connectivity index (χ3v) is 2.84. The lowest BCUT2D eigenvalue weighted by Crippen LogP contribution is -2.07. The first-order valence-corrected chi connectivity index (χ1v) is 5.26. The third-order valence-electron chi connectivity index (χ3n) is 2.22. The molecule has 3 heteroatoms. The molecule has 80 valence electrons. The van der Waals surface area contributed by atoms with Crippen molar-refractivity contribution < 1.29 is 9.90 Å². The summed E-state index contributed by atoms with van der Waals surface area (Å²) in [5.41, 5.74) is 1.38. The molecule has 0 saturated heterocycles. The lowest BCUT2D eigenvalue weighted by molar-refractivity contribution is 0.0697. The molecule has 0 aliphatic rings. The zero-order chi connectivity index (χ0) is 11.4. The number of carboxylic acid groups (broad SMARTS) is 1. The first-order valence-electron chi connectivity index (χ1n) is 4.85. The van der Waals surface area contributed by atoms with Gasteiger partial charge < -0.3 is 5.11 Å². The quantitative estimate of drug-likeness (QED) is 0.796.